The van der Waals surface area contributed by atoms with Crippen molar-refractivity contribution in [2.75, 3.05) is 13.7 Å². The van der Waals surface area contributed by atoms with Gasteiger partial charge in [-0.1, -0.05) is 13.0 Å². The second-order valence-electron chi connectivity index (χ2n) is 4.03. The van der Waals surface area contributed by atoms with Gasteiger partial charge in [0.1, 0.15) is 11.4 Å². The fourth-order valence-corrected chi connectivity index (χ4v) is 1.69. The van der Waals surface area contributed by atoms with Crippen LogP contribution in [0.4, 0.5) is 0 Å². The number of ether oxygens (including phenoxy) is 1. The van der Waals surface area contributed by atoms with Gasteiger partial charge in [0, 0.05) is 6.54 Å². The molecule has 4 nitrogen and oxygen atoms in total. The molecular weight excluding hydrogens is 204 g/mol. The Hall–Kier alpha value is -1.10. The summed E-state index contributed by atoms with van der Waals surface area (Å²) in [6.07, 6.45) is 0.864. The van der Waals surface area contributed by atoms with Crippen LogP contribution in [0.5, 0.6) is 5.75 Å². The first-order valence-electron chi connectivity index (χ1n) is 5.38. The minimum absolute atomic E-state index is 0.308. The molecule has 0 aliphatic heterocycles. The van der Waals surface area contributed by atoms with Crippen molar-refractivity contribution in [3.8, 4) is 5.75 Å². The Balaban J connectivity index is 3.07. The van der Waals surface area contributed by atoms with Gasteiger partial charge in [-0.25, -0.2) is 0 Å². The molecular formula is C12H20N2O2. The molecule has 1 atom stereocenters. The van der Waals surface area contributed by atoms with Crippen LogP contribution in [0.3, 0.4) is 0 Å². The van der Waals surface area contributed by atoms with Crippen LogP contribution < -0.4 is 16.0 Å². The number of benzene rings is 1. The second-order valence-corrected chi connectivity index (χ2v) is 4.03. The van der Waals surface area contributed by atoms with Crippen molar-refractivity contribution in [1.82, 2.24) is 5.43 Å². The molecule has 90 valence electrons. The van der Waals surface area contributed by atoms with Crippen LogP contribution in [-0.2, 0) is 12.0 Å². The Labute approximate surface area is 96.4 Å². The predicted octanol–water partition coefficient (Wildman–Crippen LogP) is 0.928. The van der Waals surface area contributed by atoms with E-state index in [4.69, 9.17) is 10.6 Å². The van der Waals surface area contributed by atoms with Crippen molar-refractivity contribution in [3.63, 3.8) is 0 Å². The summed E-state index contributed by atoms with van der Waals surface area (Å²) in [4.78, 5) is 0. The Morgan fingerprint density at radius 2 is 2.19 bits per heavy atom. The molecule has 0 aliphatic carbocycles. The molecule has 0 bridgehead atoms. The lowest BCUT2D eigenvalue weighted by atomic mass is 9.93. The van der Waals surface area contributed by atoms with E-state index in [0.717, 1.165) is 23.3 Å². The number of aliphatic hydroxyl groups is 1. The van der Waals surface area contributed by atoms with Crippen molar-refractivity contribution >= 4 is 0 Å². The summed E-state index contributed by atoms with van der Waals surface area (Å²) in [5, 5.41) is 10.2. The molecule has 1 unspecified atom stereocenters. The van der Waals surface area contributed by atoms with Gasteiger partial charge >= 0.3 is 0 Å². The average Bonchev–Trinajstić information content (AvgIpc) is 2.28. The Morgan fingerprint density at radius 3 is 2.69 bits per heavy atom. The van der Waals surface area contributed by atoms with Crippen molar-refractivity contribution < 1.29 is 9.84 Å². The van der Waals surface area contributed by atoms with Crippen LogP contribution in [0.2, 0.25) is 0 Å². The van der Waals surface area contributed by atoms with Gasteiger partial charge in [0.25, 0.3) is 0 Å². The zero-order valence-electron chi connectivity index (χ0n) is 10.1. The van der Waals surface area contributed by atoms with Gasteiger partial charge in [-0.3, -0.25) is 11.3 Å². The minimum atomic E-state index is -0.967. The van der Waals surface area contributed by atoms with Crippen LogP contribution in [0.1, 0.15) is 25.0 Å². The van der Waals surface area contributed by atoms with Gasteiger partial charge in [-0.2, -0.15) is 0 Å². The van der Waals surface area contributed by atoms with E-state index >= 15 is 0 Å². The molecule has 4 heteroatoms. The van der Waals surface area contributed by atoms with E-state index in [1.165, 1.54) is 0 Å². The van der Waals surface area contributed by atoms with Crippen molar-refractivity contribution in [2.45, 2.75) is 25.9 Å². The summed E-state index contributed by atoms with van der Waals surface area (Å²) < 4.78 is 5.24. The first-order valence-corrected chi connectivity index (χ1v) is 5.38. The number of nitrogens with two attached hydrogens (primary N) is 1. The van der Waals surface area contributed by atoms with E-state index in [1.54, 1.807) is 14.0 Å². The lowest BCUT2D eigenvalue weighted by Gasteiger charge is -2.24. The normalized spacial score (nSPS) is 14.6. The third kappa shape index (κ3) is 2.72. The molecule has 0 fully saturated rings. The third-order valence-corrected chi connectivity index (χ3v) is 2.73. The number of aryl methyl sites for hydroxylation is 1. The zero-order chi connectivity index (χ0) is 12.2. The number of hydrazine groups is 1. The van der Waals surface area contributed by atoms with Gasteiger partial charge in [0.05, 0.1) is 7.11 Å². The van der Waals surface area contributed by atoms with Gasteiger partial charge in [-0.15, -0.1) is 0 Å². The summed E-state index contributed by atoms with van der Waals surface area (Å²) >= 11 is 0. The third-order valence-electron chi connectivity index (χ3n) is 2.73. The summed E-state index contributed by atoms with van der Waals surface area (Å²) in [7, 11) is 1.65. The molecule has 0 radical (unpaired) electrons. The highest BCUT2D eigenvalue weighted by Crippen LogP contribution is 2.26. The monoisotopic (exact) mass is 224 g/mol. The van der Waals surface area contributed by atoms with Gasteiger partial charge in [0.15, 0.2) is 0 Å². The Kier molecular flexibility index (Phi) is 4.29. The Bertz CT molecular complexity index is 351. The molecule has 4 N–H and O–H groups in total. The molecule has 0 saturated carbocycles. The lowest BCUT2D eigenvalue weighted by molar-refractivity contribution is 0.0571. The maximum atomic E-state index is 10.2. The van der Waals surface area contributed by atoms with E-state index in [-0.39, 0.29) is 0 Å². The largest absolute Gasteiger partial charge is 0.496 e. The standard InChI is InChI=1S/C12H20N2O2/c1-4-9-7-10(5-6-11(9)16-3)12(2,15)8-14-13/h5-7,14-15H,4,8,13H2,1-3H3. The topological polar surface area (TPSA) is 67.5 Å². The average molecular weight is 224 g/mol. The maximum absolute atomic E-state index is 10.2. The van der Waals surface area contributed by atoms with E-state index in [1.807, 2.05) is 18.2 Å². The van der Waals surface area contributed by atoms with E-state index in [2.05, 4.69) is 12.3 Å². The first-order chi connectivity index (χ1) is 7.55. The second kappa shape index (κ2) is 5.30. The highest BCUT2D eigenvalue weighted by molar-refractivity contribution is 5.39. The fourth-order valence-electron chi connectivity index (χ4n) is 1.69. The number of methoxy groups -OCH3 is 1. The lowest BCUT2D eigenvalue weighted by Crippen LogP contribution is -2.38. The number of rotatable bonds is 5. The van der Waals surface area contributed by atoms with Gasteiger partial charge in [-0.05, 0) is 36.6 Å². The number of hydrogen-bond acceptors (Lipinski definition) is 4. The van der Waals surface area contributed by atoms with E-state index < -0.39 is 5.60 Å². The maximum Gasteiger partial charge on any atom is 0.122 e. The van der Waals surface area contributed by atoms with Crippen molar-refractivity contribution in [2.24, 2.45) is 5.84 Å². The van der Waals surface area contributed by atoms with Crippen LogP contribution in [-0.4, -0.2) is 18.8 Å². The molecule has 0 amide bonds. The molecule has 0 aromatic heterocycles. The molecule has 1 aromatic carbocycles. The van der Waals surface area contributed by atoms with Crippen LogP contribution in [0, 0.1) is 0 Å². The van der Waals surface area contributed by atoms with Crippen LogP contribution >= 0.6 is 0 Å². The van der Waals surface area contributed by atoms with Crippen LogP contribution in [0.15, 0.2) is 18.2 Å². The minimum Gasteiger partial charge on any atom is -0.496 e. The van der Waals surface area contributed by atoms with Crippen molar-refractivity contribution in [1.29, 1.82) is 0 Å². The highest BCUT2D eigenvalue weighted by Gasteiger charge is 2.23. The number of nitrogens with one attached hydrogen (secondary N) is 1. The molecule has 0 saturated heterocycles. The quantitative estimate of drug-likeness (QED) is 0.514. The Morgan fingerprint density at radius 1 is 1.50 bits per heavy atom. The molecule has 0 spiro atoms. The van der Waals surface area contributed by atoms with E-state index in [9.17, 15) is 5.11 Å². The summed E-state index contributed by atoms with van der Waals surface area (Å²) in [5.41, 5.74) is 3.44. The van der Waals surface area contributed by atoms with E-state index in [0.29, 0.717) is 6.54 Å². The summed E-state index contributed by atoms with van der Waals surface area (Å²) in [5.74, 6) is 6.09. The molecule has 0 heterocycles. The summed E-state index contributed by atoms with van der Waals surface area (Å²) in [6, 6.07) is 5.69. The SMILES string of the molecule is CCc1cc(C(C)(O)CNN)ccc1OC. The molecule has 0 aliphatic rings. The van der Waals surface area contributed by atoms with Crippen molar-refractivity contribution in [3.05, 3.63) is 29.3 Å². The highest BCUT2D eigenvalue weighted by atomic mass is 16.5. The van der Waals surface area contributed by atoms with Gasteiger partial charge < -0.3 is 9.84 Å². The fraction of sp³-hybridized carbons (Fsp3) is 0.500. The first kappa shape index (κ1) is 13.0. The molecule has 1 aromatic rings. The van der Waals surface area contributed by atoms with Crippen LogP contribution in [0.25, 0.3) is 0 Å². The predicted molar refractivity (Wildman–Crippen MR) is 64.1 cm³/mol. The molecule has 16 heavy (non-hydrogen) atoms. The summed E-state index contributed by atoms with van der Waals surface area (Å²) in [6.45, 7) is 4.09. The number of hydrogen-bond donors (Lipinski definition) is 3. The smallest absolute Gasteiger partial charge is 0.122 e. The molecule has 1 rings (SSSR count). The van der Waals surface area contributed by atoms with Gasteiger partial charge in [0.2, 0.25) is 0 Å². The zero-order valence-corrected chi connectivity index (χ0v) is 10.1.